The molecule has 0 saturated carbocycles. The molecule has 1 unspecified atom stereocenters. The van der Waals surface area contributed by atoms with Gasteiger partial charge in [0, 0.05) is 12.1 Å². The van der Waals surface area contributed by atoms with Crippen LogP contribution in [0.2, 0.25) is 0 Å². The van der Waals surface area contributed by atoms with Gasteiger partial charge in [0.05, 0.1) is 0 Å². The van der Waals surface area contributed by atoms with Gasteiger partial charge in [0.2, 0.25) is 5.91 Å². The van der Waals surface area contributed by atoms with E-state index in [4.69, 9.17) is 4.74 Å². The monoisotopic (exact) mass is 205 g/mol. The topological polar surface area (TPSA) is 55.4 Å². The number of nitrogens with one attached hydrogen (secondary N) is 1. The number of amides is 1. The highest BCUT2D eigenvalue weighted by molar-refractivity contribution is 5.78. The molecule has 2 rings (SSSR count). The molecule has 1 heterocycles. The number of hydrogen-bond acceptors (Lipinski definition) is 3. The predicted octanol–water partition coefficient (Wildman–Crippen LogP) is 0.687. The molecule has 1 aromatic rings. The van der Waals surface area contributed by atoms with Crippen LogP contribution in [0, 0.1) is 0 Å². The molecular weight excluding hydrogens is 194 g/mol. The second-order valence-corrected chi connectivity index (χ2v) is 3.39. The fourth-order valence-corrected chi connectivity index (χ4v) is 1.50. The van der Waals surface area contributed by atoms with Crippen LogP contribution in [-0.2, 0) is 9.53 Å². The van der Waals surface area contributed by atoms with Gasteiger partial charge in [-0.2, -0.15) is 0 Å². The molecule has 0 bridgehead atoms. The maximum absolute atomic E-state index is 10.9. The number of morpholine rings is 1. The first-order valence-electron chi connectivity index (χ1n) is 4.73. The van der Waals surface area contributed by atoms with Gasteiger partial charge in [0.1, 0.15) is 19.0 Å². The highest BCUT2D eigenvalue weighted by Crippen LogP contribution is 2.18. The minimum absolute atomic E-state index is 0.0873. The van der Waals surface area contributed by atoms with Gasteiger partial charge >= 0.3 is 0 Å². The molecule has 1 fully saturated rings. The van der Waals surface area contributed by atoms with Crippen LogP contribution in [-0.4, -0.2) is 25.3 Å². The summed E-state index contributed by atoms with van der Waals surface area (Å²) in [6, 6.07) is 7.15. The lowest BCUT2D eigenvalue weighted by molar-refractivity contribution is -0.133. The average Bonchev–Trinajstić information content (AvgIpc) is 2.30. The summed E-state index contributed by atoms with van der Waals surface area (Å²) < 4.78 is 5.35. The molecule has 1 atom stereocenters. The Labute approximate surface area is 87.2 Å². The summed E-state index contributed by atoms with van der Waals surface area (Å²) in [5.41, 5.74) is 1.61. The van der Waals surface area contributed by atoms with Crippen LogP contribution in [0.25, 0.3) is 0 Å². The van der Waals surface area contributed by atoms with E-state index in [0.717, 1.165) is 11.8 Å². The lowest BCUT2D eigenvalue weighted by Crippen LogP contribution is -2.38. The van der Waals surface area contributed by atoms with Crippen LogP contribution in [0.15, 0.2) is 24.3 Å². The lowest BCUT2D eigenvalue weighted by Gasteiger charge is -2.23. The third-order valence-electron chi connectivity index (χ3n) is 2.34. The van der Waals surface area contributed by atoms with E-state index in [1.54, 1.807) is 12.1 Å². The molecule has 4 heteroatoms. The van der Waals surface area contributed by atoms with Crippen LogP contribution >= 0.6 is 0 Å². The van der Waals surface area contributed by atoms with Crippen molar-refractivity contribution in [3.05, 3.63) is 35.4 Å². The summed E-state index contributed by atoms with van der Waals surface area (Å²) in [7, 11) is 0. The fourth-order valence-electron chi connectivity index (χ4n) is 1.50. The molecular formula is C11H11NO3. The van der Waals surface area contributed by atoms with E-state index in [2.05, 4.69) is 5.32 Å². The van der Waals surface area contributed by atoms with Crippen molar-refractivity contribution in [3.8, 4) is 0 Å². The number of hydrogen-bond donors (Lipinski definition) is 1. The maximum atomic E-state index is 10.9. The standard InChI is InChI=1S/C11H11NO3/c13-6-8-1-3-9(4-2-8)10-5-12-11(14)7-15-10/h1-4,6,10H,5,7H2,(H,12,14). The molecule has 1 N–H and O–H groups in total. The van der Waals surface area contributed by atoms with Gasteiger partial charge in [0.25, 0.3) is 0 Å². The molecule has 15 heavy (non-hydrogen) atoms. The smallest absolute Gasteiger partial charge is 0.246 e. The van der Waals surface area contributed by atoms with Crippen molar-refractivity contribution in [1.29, 1.82) is 0 Å². The molecule has 0 spiro atoms. The van der Waals surface area contributed by atoms with E-state index in [1.165, 1.54) is 0 Å². The van der Waals surface area contributed by atoms with Crippen molar-refractivity contribution in [3.63, 3.8) is 0 Å². The molecule has 1 saturated heterocycles. The van der Waals surface area contributed by atoms with Crippen LogP contribution in [0.1, 0.15) is 22.0 Å². The summed E-state index contributed by atoms with van der Waals surface area (Å²) >= 11 is 0. The van der Waals surface area contributed by atoms with Crippen LogP contribution in [0.4, 0.5) is 0 Å². The minimum Gasteiger partial charge on any atom is -0.362 e. The van der Waals surface area contributed by atoms with E-state index in [-0.39, 0.29) is 18.6 Å². The summed E-state index contributed by atoms with van der Waals surface area (Å²) in [4.78, 5) is 21.3. The zero-order valence-corrected chi connectivity index (χ0v) is 8.10. The molecule has 1 aliphatic heterocycles. The van der Waals surface area contributed by atoms with Crippen molar-refractivity contribution in [2.24, 2.45) is 0 Å². The van der Waals surface area contributed by atoms with Gasteiger partial charge in [0.15, 0.2) is 0 Å². The third kappa shape index (κ3) is 2.22. The number of ether oxygens (including phenoxy) is 1. The SMILES string of the molecule is O=Cc1ccc(C2CNC(=O)CO2)cc1. The van der Waals surface area contributed by atoms with E-state index < -0.39 is 0 Å². The lowest BCUT2D eigenvalue weighted by atomic mass is 10.1. The van der Waals surface area contributed by atoms with Gasteiger partial charge in [-0.25, -0.2) is 0 Å². The summed E-state index contributed by atoms with van der Waals surface area (Å²) in [5.74, 6) is -0.0873. The molecule has 78 valence electrons. The second-order valence-electron chi connectivity index (χ2n) is 3.39. The second kappa shape index (κ2) is 4.23. The van der Waals surface area contributed by atoms with Crippen LogP contribution in [0.5, 0.6) is 0 Å². The minimum atomic E-state index is -0.108. The normalized spacial score (nSPS) is 20.8. The number of carbonyl (C=O) groups excluding carboxylic acids is 2. The Kier molecular flexibility index (Phi) is 2.78. The largest absolute Gasteiger partial charge is 0.362 e. The van der Waals surface area contributed by atoms with Crippen molar-refractivity contribution < 1.29 is 14.3 Å². The number of aldehydes is 1. The van der Waals surface area contributed by atoms with Crippen molar-refractivity contribution >= 4 is 12.2 Å². The molecule has 1 amide bonds. The third-order valence-corrected chi connectivity index (χ3v) is 2.34. The number of rotatable bonds is 2. The first kappa shape index (κ1) is 9.86. The van der Waals surface area contributed by atoms with Crippen LogP contribution in [0.3, 0.4) is 0 Å². The Hall–Kier alpha value is -1.68. The Morgan fingerprint density at radius 1 is 1.33 bits per heavy atom. The maximum Gasteiger partial charge on any atom is 0.246 e. The Morgan fingerprint density at radius 3 is 2.60 bits per heavy atom. The van der Waals surface area contributed by atoms with E-state index in [1.807, 2.05) is 12.1 Å². The Bertz CT molecular complexity index is 362. The van der Waals surface area contributed by atoms with Crippen molar-refractivity contribution in [2.75, 3.05) is 13.2 Å². The van der Waals surface area contributed by atoms with Gasteiger partial charge < -0.3 is 10.1 Å². The highest BCUT2D eigenvalue weighted by Gasteiger charge is 2.19. The van der Waals surface area contributed by atoms with Crippen molar-refractivity contribution in [1.82, 2.24) is 5.32 Å². The first-order valence-corrected chi connectivity index (χ1v) is 4.73. The predicted molar refractivity (Wildman–Crippen MR) is 53.5 cm³/mol. The number of benzene rings is 1. The van der Waals surface area contributed by atoms with E-state index >= 15 is 0 Å². The number of carbonyl (C=O) groups is 2. The fraction of sp³-hybridized carbons (Fsp3) is 0.273. The van der Waals surface area contributed by atoms with Gasteiger partial charge in [-0.15, -0.1) is 0 Å². The summed E-state index contributed by atoms with van der Waals surface area (Å²) in [5, 5.41) is 2.73. The Morgan fingerprint density at radius 2 is 2.07 bits per heavy atom. The van der Waals surface area contributed by atoms with Crippen LogP contribution < -0.4 is 5.32 Å². The molecule has 0 aliphatic carbocycles. The zero-order valence-electron chi connectivity index (χ0n) is 8.10. The molecule has 0 radical (unpaired) electrons. The Balaban J connectivity index is 2.09. The van der Waals surface area contributed by atoms with Gasteiger partial charge in [-0.1, -0.05) is 24.3 Å². The molecule has 1 aliphatic rings. The molecule has 0 aromatic heterocycles. The van der Waals surface area contributed by atoms with Crippen molar-refractivity contribution in [2.45, 2.75) is 6.10 Å². The highest BCUT2D eigenvalue weighted by atomic mass is 16.5. The molecule has 4 nitrogen and oxygen atoms in total. The van der Waals surface area contributed by atoms with Gasteiger partial charge in [-0.05, 0) is 5.56 Å². The first-order chi connectivity index (χ1) is 7.29. The molecule has 1 aromatic carbocycles. The van der Waals surface area contributed by atoms with Gasteiger partial charge in [-0.3, -0.25) is 9.59 Å². The van der Waals surface area contributed by atoms with E-state index in [9.17, 15) is 9.59 Å². The van der Waals surface area contributed by atoms with E-state index in [0.29, 0.717) is 12.1 Å². The average molecular weight is 205 g/mol. The summed E-state index contributed by atoms with van der Waals surface area (Å²) in [6.07, 6.45) is 0.691. The summed E-state index contributed by atoms with van der Waals surface area (Å²) in [6.45, 7) is 0.583. The zero-order chi connectivity index (χ0) is 10.7. The quantitative estimate of drug-likeness (QED) is 0.722.